The molecule has 130 valence electrons. The van der Waals surface area contributed by atoms with E-state index in [1.54, 1.807) is 41.6 Å². The zero-order chi connectivity index (χ0) is 17.2. The van der Waals surface area contributed by atoms with Crippen LogP contribution >= 0.6 is 23.1 Å². The summed E-state index contributed by atoms with van der Waals surface area (Å²) in [5, 5.41) is 0. The first-order valence-corrected chi connectivity index (χ1v) is 10.1. The van der Waals surface area contributed by atoms with Gasteiger partial charge in [-0.3, -0.25) is 0 Å². The van der Waals surface area contributed by atoms with Crippen LogP contribution in [0.15, 0.2) is 34.9 Å². The maximum absolute atomic E-state index is 13.0. The van der Waals surface area contributed by atoms with Gasteiger partial charge in [0.15, 0.2) is 15.8 Å². The van der Waals surface area contributed by atoms with Gasteiger partial charge in [-0.1, -0.05) is 11.8 Å². The van der Waals surface area contributed by atoms with Gasteiger partial charge in [-0.25, -0.2) is 19.3 Å². The number of hydrogen-bond donors (Lipinski definition) is 0. The van der Waals surface area contributed by atoms with Crippen molar-refractivity contribution < 1.29 is 9.13 Å². The van der Waals surface area contributed by atoms with Gasteiger partial charge in [0.05, 0.1) is 0 Å². The standard InChI is InChI=1S/C17H17FN4OS2/c1-24-17-21-15-14(25-17)16(20-10-19-15)22-8-6-13(7-9-22)23-12-4-2-11(18)3-5-12/h2-5,10,13H,6-9H2,1H3. The van der Waals surface area contributed by atoms with Gasteiger partial charge in [0.25, 0.3) is 0 Å². The smallest absolute Gasteiger partial charge is 0.176 e. The molecule has 0 N–H and O–H groups in total. The number of fused-ring (bicyclic) bond motifs is 1. The van der Waals surface area contributed by atoms with Crippen LogP contribution in [0.4, 0.5) is 10.2 Å². The van der Waals surface area contributed by atoms with E-state index in [9.17, 15) is 4.39 Å². The molecular weight excluding hydrogens is 359 g/mol. The molecule has 0 atom stereocenters. The van der Waals surface area contributed by atoms with E-state index in [1.165, 1.54) is 12.1 Å². The molecular formula is C17H17FN4OS2. The Morgan fingerprint density at radius 1 is 1.20 bits per heavy atom. The van der Waals surface area contributed by atoms with Gasteiger partial charge in [-0.15, -0.1) is 11.3 Å². The normalized spacial score (nSPS) is 15.7. The second kappa shape index (κ2) is 7.13. The minimum absolute atomic E-state index is 0.141. The van der Waals surface area contributed by atoms with Gasteiger partial charge >= 0.3 is 0 Å². The molecule has 1 aromatic carbocycles. The number of hydrogen-bond acceptors (Lipinski definition) is 7. The predicted octanol–water partition coefficient (Wildman–Crippen LogP) is 4.00. The first kappa shape index (κ1) is 16.5. The molecule has 4 rings (SSSR count). The van der Waals surface area contributed by atoms with Crippen molar-refractivity contribution in [2.24, 2.45) is 0 Å². The Balaban J connectivity index is 1.45. The number of thiazole rings is 1. The summed E-state index contributed by atoms with van der Waals surface area (Å²) < 4.78 is 21.0. The number of benzene rings is 1. The molecule has 8 heteroatoms. The van der Waals surface area contributed by atoms with Crippen LogP contribution in [0.2, 0.25) is 0 Å². The summed E-state index contributed by atoms with van der Waals surface area (Å²) in [7, 11) is 0. The van der Waals surface area contributed by atoms with E-state index in [0.717, 1.165) is 52.2 Å². The van der Waals surface area contributed by atoms with Crippen molar-refractivity contribution in [2.75, 3.05) is 24.2 Å². The van der Waals surface area contributed by atoms with Crippen molar-refractivity contribution in [3.63, 3.8) is 0 Å². The Labute approximate surface area is 153 Å². The predicted molar refractivity (Wildman–Crippen MR) is 99.3 cm³/mol. The van der Waals surface area contributed by atoms with Gasteiger partial charge in [0.1, 0.15) is 28.7 Å². The van der Waals surface area contributed by atoms with Crippen molar-refractivity contribution in [3.8, 4) is 5.75 Å². The van der Waals surface area contributed by atoms with Gasteiger partial charge in [-0.2, -0.15) is 0 Å². The highest BCUT2D eigenvalue weighted by atomic mass is 32.2. The number of anilines is 1. The molecule has 0 amide bonds. The summed E-state index contributed by atoms with van der Waals surface area (Å²) in [6.45, 7) is 1.73. The fourth-order valence-electron chi connectivity index (χ4n) is 2.93. The summed E-state index contributed by atoms with van der Waals surface area (Å²) in [6.07, 6.45) is 5.54. The lowest BCUT2D eigenvalue weighted by Gasteiger charge is -2.33. The van der Waals surface area contributed by atoms with Crippen LogP contribution in [0, 0.1) is 5.82 Å². The molecule has 0 aliphatic carbocycles. The Morgan fingerprint density at radius 2 is 1.96 bits per heavy atom. The van der Waals surface area contributed by atoms with Crippen molar-refractivity contribution >= 4 is 39.3 Å². The number of piperidine rings is 1. The Morgan fingerprint density at radius 3 is 2.68 bits per heavy atom. The molecule has 2 aromatic heterocycles. The SMILES string of the molecule is CSc1nc2ncnc(N3CCC(Oc4ccc(F)cc4)CC3)c2s1. The van der Waals surface area contributed by atoms with Gasteiger partial charge in [-0.05, 0) is 30.5 Å². The lowest BCUT2D eigenvalue weighted by Crippen LogP contribution is -2.38. The van der Waals surface area contributed by atoms with Crippen LogP contribution in [-0.2, 0) is 0 Å². The molecule has 1 aliphatic rings. The number of thioether (sulfide) groups is 1. The van der Waals surface area contributed by atoms with Gasteiger partial charge in [0, 0.05) is 25.9 Å². The van der Waals surface area contributed by atoms with E-state index in [2.05, 4.69) is 19.9 Å². The lowest BCUT2D eigenvalue weighted by molar-refractivity contribution is 0.170. The molecule has 5 nitrogen and oxygen atoms in total. The minimum Gasteiger partial charge on any atom is -0.490 e. The fraction of sp³-hybridized carbons (Fsp3) is 0.353. The van der Waals surface area contributed by atoms with E-state index in [-0.39, 0.29) is 11.9 Å². The van der Waals surface area contributed by atoms with E-state index in [4.69, 9.17) is 4.74 Å². The monoisotopic (exact) mass is 376 g/mol. The second-order valence-corrected chi connectivity index (χ2v) is 7.84. The molecule has 0 unspecified atom stereocenters. The minimum atomic E-state index is -0.246. The lowest BCUT2D eigenvalue weighted by atomic mass is 10.1. The average molecular weight is 376 g/mol. The molecule has 0 spiro atoms. The van der Waals surface area contributed by atoms with Crippen LogP contribution in [0.25, 0.3) is 10.3 Å². The molecule has 1 aliphatic heterocycles. The third kappa shape index (κ3) is 3.55. The number of rotatable bonds is 4. The van der Waals surface area contributed by atoms with Crippen LogP contribution < -0.4 is 9.64 Å². The van der Waals surface area contributed by atoms with Crippen molar-refractivity contribution in [2.45, 2.75) is 23.3 Å². The highest BCUT2D eigenvalue weighted by Crippen LogP contribution is 2.34. The molecule has 3 aromatic rings. The highest BCUT2D eigenvalue weighted by molar-refractivity contribution is 8.00. The Bertz CT molecular complexity index is 863. The van der Waals surface area contributed by atoms with Crippen molar-refractivity contribution in [1.82, 2.24) is 15.0 Å². The van der Waals surface area contributed by atoms with E-state index in [1.807, 2.05) is 6.26 Å². The third-order valence-electron chi connectivity index (χ3n) is 4.19. The maximum atomic E-state index is 13.0. The average Bonchev–Trinajstić information content (AvgIpc) is 3.08. The van der Waals surface area contributed by atoms with Crippen molar-refractivity contribution in [1.29, 1.82) is 0 Å². The maximum Gasteiger partial charge on any atom is 0.176 e. The quantitative estimate of drug-likeness (QED) is 0.642. The summed E-state index contributed by atoms with van der Waals surface area (Å²) in [6, 6.07) is 6.21. The zero-order valence-electron chi connectivity index (χ0n) is 13.7. The van der Waals surface area contributed by atoms with Gasteiger partial charge in [0.2, 0.25) is 0 Å². The Hall–Kier alpha value is -1.93. The number of ether oxygens (including phenoxy) is 1. The zero-order valence-corrected chi connectivity index (χ0v) is 15.3. The van der Waals surface area contributed by atoms with E-state index in [0.29, 0.717) is 0 Å². The summed E-state index contributed by atoms with van der Waals surface area (Å²) in [5.41, 5.74) is 0.768. The van der Waals surface area contributed by atoms with Gasteiger partial charge < -0.3 is 9.64 Å². The number of halogens is 1. The summed E-state index contributed by atoms with van der Waals surface area (Å²) in [5.74, 6) is 1.43. The molecule has 25 heavy (non-hydrogen) atoms. The molecule has 3 heterocycles. The molecule has 1 fully saturated rings. The first-order valence-electron chi connectivity index (χ1n) is 8.05. The molecule has 0 radical (unpaired) electrons. The number of nitrogens with zero attached hydrogens (tertiary/aromatic N) is 4. The van der Waals surface area contributed by atoms with Crippen molar-refractivity contribution in [3.05, 3.63) is 36.4 Å². The summed E-state index contributed by atoms with van der Waals surface area (Å²) in [4.78, 5) is 15.6. The molecule has 0 bridgehead atoms. The van der Waals surface area contributed by atoms with Crippen LogP contribution in [0.5, 0.6) is 5.75 Å². The fourth-order valence-corrected chi connectivity index (χ4v) is 4.46. The highest BCUT2D eigenvalue weighted by Gasteiger charge is 2.24. The van der Waals surface area contributed by atoms with Crippen LogP contribution in [0.1, 0.15) is 12.8 Å². The van der Waals surface area contributed by atoms with Crippen LogP contribution in [0.3, 0.4) is 0 Å². The summed E-state index contributed by atoms with van der Waals surface area (Å²) >= 11 is 3.27. The number of aromatic nitrogens is 3. The van der Waals surface area contributed by atoms with Crippen LogP contribution in [-0.4, -0.2) is 40.4 Å². The third-order valence-corrected chi connectivity index (χ3v) is 6.21. The first-order chi connectivity index (χ1) is 12.2. The van der Waals surface area contributed by atoms with E-state index >= 15 is 0 Å². The molecule has 1 saturated heterocycles. The molecule has 0 saturated carbocycles. The van der Waals surface area contributed by atoms with E-state index < -0.39 is 0 Å². The largest absolute Gasteiger partial charge is 0.490 e. The second-order valence-electron chi connectivity index (χ2n) is 5.79. The Kier molecular flexibility index (Phi) is 4.72. The topological polar surface area (TPSA) is 51.1 Å².